The highest BCUT2D eigenvalue weighted by molar-refractivity contribution is 6.21. The van der Waals surface area contributed by atoms with Crippen molar-refractivity contribution < 1.29 is 4.42 Å². The fraction of sp³-hybridized carbons (Fsp3) is 0.0441. The molecule has 0 fully saturated rings. The number of nitrogens with zero attached hydrogens (tertiary/aromatic N) is 4. The molecule has 0 saturated heterocycles. The number of benzene rings is 11. The minimum Gasteiger partial charge on any atom is -0.455 e. The highest BCUT2D eigenvalue weighted by Gasteiger charge is 2.34. The molecule has 73 heavy (non-hydrogen) atoms. The van der Waals surface area contributed by atoms with E-state index in [1.54, 1.807) is 0 Å². The first-order valence-corrected chi connectivity index (χ1v) is 25.1. The van der Waals surface area contributed by atoms with Gasteiger partial charge in [0.1, 0.15) is 11.2 Å². The molecule has 5 nitrogen and oxygen atoms in total. The number of rotatable bonds is 6. The van der Waals surface area contributed by atoms with Crippen LogP contribution in [0.1, 0.15) is 35.4 Å². The molecule has 3 aromatic heterocycles. The molecule has 0 aliphatic heterocycles. The maximum atomic E-state index is 7.13. The zero-order valence-electron chi connectivity index (χ0n) is 39.9. The summed E-state index contributed by atoms with van der Waals surface area (Å²) in [7, 11) is 0. The summed E-state index contributed by atoms with van der Waals surface area (Å²) in [5.41, 5.74) is 16.2. The molecule has 0 bridgehead atoms. The van der Waals surface area contributed by atoms with E-state index < -0.39 is 0 Å². The van der Waals surface area contributed by atoms with Gasteiger partial charge in [-0.25, -0.2) is 15.0 Å². The van der Waals surface area contributed by atoms with E-state index in [0.717, 1.165) is 88.0 Å². The van der Waals surface area contributed by atoms with Crippen molar-refractivity contribution in [2.75, 3.05) is 0 Å². The van der Waals surface area contributed by atoms with Crippen LogP contribution >= 0.6 is 0 Å². The second-order valence-electron chi connectivity index (χ2n) is 19.5. The summed E-state index contributed by atoms with van der Waals surface area (Å²) < 4.78 is 9.47. The van der Waals surface area contributed by atoms with Crippen molar-refractivity contribution in [3.8, 4) is 62.1 Å². The number of fused-ring (bicyclic) bond motifs is 12. The van der Waals surface area contributed by atoms with Crippen LogP contribution in [0, 0.1) is 0 Å². The molecule has 3 heterocycles. The van der Waals surface area contributed by atoms with Gasteiger partial charge in [-0.1, -0.05) is 189 Å². The maximum absolute atomic E-state index is 7.13. The SMILES string of the molecule is CC1c2ccccc2-c2cc3ccccc3cc2C1c1cc(-c2nc(-c3ccc(-c4ccccc4)cc3)nc(-c3cccc4c3c3ccccc3n4-c3ccccc3)n2)c2oc3ccc4ccccc4c3c2c1. The molecule has 14 aromatic rings. The van der Waals surface area contributed by atoms with Gasteiger partial charge < -0.3 is 8.98 Å². The zero-order chi connectivity index (χ0) is 48.1. The van der Waals surface area contributed by atoms with Crippen LogP contribution in [0.3, 0.4) is 0 Å². The number of para-hydroxylation sites is 2. The third-order valence-corrected chi connectivity index (χ3v) is 15.4. The number of aromatic nitrogens is 4. The third-order valence-electron chi connectivity index (χ3n) is 15.4. The third kappa shape index (κ3) is 6.52. The fourth-order valence-corrected chi connectivity index (χ4v) is 12.1. The Morgan fingerprint density at radius 3 is 1.82 bits per heavy atom. The second-order valence-corrected chi connectivity index (χ2v) is 19.5. The first kappa shape index (κ1) is 41.3. The largest absolute Gasteiger partial charge is 0.455 e. The van der Waals surface area contributed by atoms with Crippen LogP contribution < -0.4 is 0 Å². The molecular weight excluding hydrogens is 889 g/mol. The minimum atomic E-state index is 0.00163. The van der Waals surface area contributed by atoms with Gasteiger partial charge in [-0.2, -0.15) is 0 Å². The van der Waals surface area contributed by atoms with Gasteiger partial charge in [-0.15, -0.1) is 0 Å². The van der Waals surface area contributed by atoms with Crippen molar-refractivity contribution in [1.82, 2.24) is 19.5 Å². The van der Waals surface area contributed by atoms with Crippen LogP contribution in [0.5, 0.6) is 0 Å². The summed E-state index contributed by atoms with van der Waals surface area (Å²) in [5.74, 6) is 1.87. The van der Waals surface area contributed by atoms with Gasteiger partial charge in [0.05, 0.1) is 16.6 Å². The Balaban J connectivity index is 1.03. The van der Waals surface area contributed by atoms with Gasteiger partial charge in [0, 0.05) is 44.3 Å². The lowest BCUT2D eigenvalue weighted by Crippen LogP contribution is -2.17. The van der Waals surface area contributed by atoms with Gasteiger partial charge in [0.25, 0.3) is 0 Å². The van der Waals surface area contributed by atoms with Crippen LogP contribution in [0.15, 0.2) is 241 Å². The van der Waals surface area contributed by atoms with E-state index in [1.165, 1.54) is 38.6 Å². The van der Waals surface area contributed by atoms with Crippen molar-refractivity contribution in [3.63, 3.8) is 0 Å². The smallest absolute Gasteiger partial charge is 0.167 e. The lowest BCUT2D eigenvalue weighted by Gasteiger charge is -2.34. The Hall–Kier alpha value is -9.45. The Morgan fingerprint density at radius 1 is 0.384 bits per heavy atom. The van der Waals surface area contributed by atoms with Crippen molar-refractivity contribution in [2.24, 2.45) is 0 Å². The van der Waals surface area contributed by atoms with Crippen LogP contribution in [0.4, 0.5) is 0 Å². The summed E-state index contributed by atoms with van der Waals surface area (Å²) >= 11 is 0. The normalized spacial score (nSPS) is 14.4. The van der Waals surface area contributed by atoms with E-state index in [1.807, 2.05) is 0 Å². The van der Waals surface area contributed by atoms with E-state index in [-0.39, 0.29) is 11.8 Å². The van der Waals surface area contributed by atoms with Gasteiger partial charge in [0.2, 0.25) is 0 Å². The molecule has 0 radical (unpaired) electrons. The molecule has 2 atom stereocenters. The summed E-state index contributed by atoms with van der Waals surface area (Å²) in [4.78, 5) is 16.6. The predicted molar refractivity (Wildman–Crippen MR) is 300 cm³/mol. The molecule has 11 aromatic carbocycles. The van der Waals surface area contributed by atoms with Crippen LogP contribution in [-0.2, 0) is 0 Å². The van der Waals surface area contributed by atoms with Crippen molar-refractivity contribution in [3.05, 3.63) is 253 Å². The van der Waals surface area contributed by atoms with Gasteiger partial charge in [-0.3, -0.25) is 0 Å². The van der Waals surface area contributed by atoms with Crippen molar-refractivity contribution >= 4 is 65.3 Å². The van der Waals surface area contributed by atoms with E-state index in [4.69, 9.17) is 19.4 Å². The maximum Gasteiger partial charge on any atom is 0.167 e. The molecule has 342 valence electrons. The van der Waals surface area contributed by atoms with E-state index in [0.29, 0.717) is 17.5 Å². The van der Waals surface area contributed by atoms with E-state index in [2.05, 4.69) is 248 Å². The molecule has 0 amide bonds. The highest BCUT2D eigenvalue weighted by Crippen LogP contribution is 2.53. The second kappa shape index (κ2) is 16.3. The number of hydrogen-bond acceptors (Lipinski definition) is 4. The molecule has 1 aliphatic rings. The summed E-state index contributed by atoms with van der Waals surface area (Å²) in [5, 5.41) is 9.10. The van der Waals surface area contributed by atoms with Crippen LogP contribution in [0.2, 0.25) is 0 Å². The molecule has 2 unspecified atom stereocenters. The quantitative estimate of drug-likeness (QED) is 0.167. The van der Waals surface area contributed by atoms with Gasteiger partial charge in [-0.05, 0) is 121 Å². The average molecular weight is 933 g/mol. The van der Waals surface area contributed by atoms with Crippen LogP contribution in [-0.4, -0.2) is 19.5 Å². The molecule has 0 N–H and O–H groups in total. The van der Waals surface area contributed by atoms with E-state index >= 15 is 0 Å². The summed E-state index contributed by atoms with van der Waals surface area (Å²) in [6.45, 7) is 2.39. The monoisotopic (exact) mass is 932 g/mol. The Morgan fingerprint density at radius 2 is 1.00 bits per heavy atom. The molecular formula is C68H44N4O. The van der Waals surface area contributed by atoms with Crippen LogP contribution in [0.25, 0.3) is 127 Å². The molecule has 1 aliphatic carbocycles. The average Bonchev–Trinajstić information content (AvgIpc) is 4.02. The topological polar surface area (TPSA) is 56.7 Å². The first-order chi connectivity index (χ1) is 36.1. The van der Waals surface area contributed by atoms with Gasteiger partial charge in [0.15, 0.2) is 17.5 Å². The highest BCUT2D eigenvalue weighted by atomic mass is 16.3. The Kier molecular flexibility index (Phi) is 9.23. The first-order valence-electron chi connectivity index (χ1n) is 25.1. The summed E-state index contributed by atoms with van der Waals surface area (Å²) in [6, 6.07) is 84.9. The lowest BCUT2D eigenvalue weighted by molar-refractivity contribution is 0.648. The number of hydrogen-bond donors (Lipinski definition) is 0. The fourth-order valence-electron chi connectivity index (χ4n) is 12.1. The Bertz CT molecular complexity index is 4510. The molecule has 5 heteroatoms. The zero-order valence-corrected chi connectivity index (χ0v) is 39.9. The van der Waals surface area contributed by atoms with Crippen molar-refractivity contribution in [2.45, 2.75) is 18.8 Å². The summed E-state index contributed by atoms with van der Waals surface area (Å²) in [6.07, 6.45) is 0. The predicted octanol–water partition coefficient (Wildman–Crippen LogP) is 17.8. The molecule has 0 spiro atoms. The lowest BCUT2D eigenvalue weighted by atomic mass is 9.69. The van der Waals surface area contributed by atoms with Crippen molar-refractivity contribution in [1.29, 1.82) is 0 Å². The minimum absolute atomic E-state index is 0.00163. The molecule has 15 rings (SSSR count). The number of furan rings is 1. The Labute approximate surface area is 421 Å². The van der Waals surface area contributed by atoms with Gasteiger partial charge >= 0.3 is 0 Å². The standard InChI is InChI=1S/C68H44N4O/c1-41-50-24-12-13-26-52(50)55-37-46-20-8-9-21-47(46)38-56(55)62(41)48-39-57-64-51-25-11-10-19-44(51)35-36-61(64)73-65(57)58(40-48)68-70-66(45-33-31-43(32-34-45)42-17-4-2-5-18-42)69-67(71-68)54-28-16-30-60-63(54)53-27-14-15-29-59(53)72(60)49-22-6-3-7-23-49/h2-41,62H,1H3. The van der Waals surface area contributed by atoms with E-state index in [9.17, 15) is 0 Å². The molecule has 0 saturated carbocycles.